The van der Waals surface area contributed by atoms with Crippen LogP contribution >= 0.6 is 0 Å². The van der Waals surface area contributed by atoms with Gasteiger partial charge in [-0.25, -0.2) is 0 Å². The highest BCUT2D eigenvalue weighted by molar-refractivity contribution is 4.85. The SMILES string of the molecule is CCC(CC)N(C[C@@H](N)C(C)(C)C)C(CC)CC. The Hall–Kier alpha value is -0.0800. The molecule has 0 rings (SSSR count). The van der Waals surface area contributed by atoms with Crippen LogP contribution in [0.1, 0.15) is 74.1 Å². The van der Waals surface area contributed by atoms with Gasteiger partial charge >= 0.3 is 0 Å². The summed E-state index contributed by atoms with van der Waals surface area (Å²) in [4.78, 5) is 2.68. The van der Waals surface area contributed by atoms with Crippen LogP contribution in [0.3, 0.4) is 0 Å². The standard InChI is InChI=1S/C16H36N2/c1-8-13(9-2)18(14(10-3)11-4)12-15(17)16(5,6)7/h13-15H,8-12,17H2,1-7H3/t15-/m1/s1. The summed E-state index contributed by atoms with van der Waals surface area (Å²) in [6.45, 7) is 17.0. The average molecular weight is 256 g/mol. The Kier molecular flexibility index (Phi) is 8.13. The number of nitrogens with two attached hydrogens (primary N) is 1. The van der Waals surface area contributed by atoms with Crippen molar-refractivity contribution in [2.45, 2.75) is 92.3 Å². The summed E-state index contributed by atoms with van der Waals surface area (Å²) in [5.74, 6) is 0. The highest BCUT2D eigenvalue weighted by Crippen LogP contribution is 2.23. The van der Waals surface area contributed by atoms with Crippen molar-refractivity contribution in [2.75, 3.05) is 6.54 Å². The predicted molar refractivity (Wildman–Crippen MR) is 82.9 cm³/mol. The van der Waals surface area contributed by atoms with Crippen molar-refractivity contribution in [3.63, 3.8) is 0 Å². The molecule has 2 nitrogen and oxygen atoms in total. The van der Waals surface area contributed by atoms with Gasteiger partial charge in [-0.2, -0.15) is 0 Å². The average Bonchev–Trinajstić information content (AvgIpc) is 2.30. The van der Waals surface area contributed by atoms with E-state index in [2.05, 4.69) is 53.4 Å². The molecule has 0 spiro atoms. The van der Waals surface area contributed by atoms with Crippen LogP contribution in [0.2, 0.25) is 0 Å². The fourth-order valence-electron chi connectivity index (χ4n) is 2.61. The molecule has 0 aliphatic rings. The van der Waals surface area contributed by atoms with E-state index in [0.29, 0.717) is 12.1 Å². The quantitative estimate of drug-likeness (QED) is 0.710. The van der Waals surface area contributed by atoms with Gasteiger partial charge in [0.15, 0.2) is 0 Å². The summed E-state index contributed by atoms with van der Waals surface area (Å²) in [5, 5.41) is 0. The van der Waals surface area contributed by atoms with Crippen LogP contribution < -0.4 is 5.73 Å². The third-order valence-corrected chi connectivity index (χ3v) is 4.34. The molecule has 0 fully saturated rings. The Bertz CT molecular complexity index is 188. The molecule has 0 heterocycles. The summed E-state index contributed by atoms with van der Waals surface area (Å²) >= 11 is 0. The molecule has 0 aromatic heterocycles. The van der Waals surface area contributed by atoms with Crippen molar-refractivity contribution in [1.29, 1.82) is 0 Å². The van der Waals surface area contributed by atoms with E-state index in [-0.39, 0.29) is 11.5 Å². The summed E-state index contributed by atoms with van der Waals surface area (Å²) in [6, 6.07) is 1.62. The first-order valence-electron chi connectivity index (χ1n) is 7.82. The maximum Gasteiger partial charge on any atom is 0.0217 e. The van der Waals surface area contributed by atoms with Gasteiger partial charge in [0.25, 0.3) is 0 Å². The van der Waals surface area contributed by atoms with E-state index in [1.54, 1.807) is 0 Å². The van der Waals surface area contributed by atoms with Crippen LogP contribution in [-0.4, -0.2) is 29.6 Å². The van der Waals surface area contributed by atoms with Gasteiger partial charge in [0.1, 0.15) is 0 Å². The highest BCUT2D eigenvalue weighted by atomic mass is 15.2. The van der Waals surface area contributed by atoms with Gasteiger partial charge in [-0.3, -0.25) is 4.90 Å². The van der Waals surface area contributed by atoms with Crippen LogP contribution in [0, 0.1) is 5.41 Å². The van der Waals surface area contributed by atoms with Gasteiger partial charge in [-0.15, -0.1) is 0 Å². The molecule has 18 heavy (non-hydrogen) atoms. The molecule has 0 saturated heterocycles. The smallest absolute Gasteiger partial charge is 0.0217 e. The molecular weight excluding hydrogens is 220 g/mol. The lowest BCUT2D eigenvalue weighted by Crippen LogP contribution is -2.52. The van der Waals surface area contributed by atoms with Crippen molar-refractivity contribution in [2.24, 2.45) is 11.1 Å². The Morgan fingerprint density at radius 1 is 0.833 bits per heavy atom. The summed E-state index contributed by atoms with van der Waals surface area (Å²) in [6.07, 6.45) is 4.90. The van der Waals surface area contributed by atoms with Crippen LogP contribution in [0.4, 0.5) is 0 Å². The number of hydrogen-bond acceptors (Lipinski definition) is 2. The molecule has 110 valence electrons. The first-order valence-corrected chi connectivity index (χ1v) is 7.82. The van der Waals surface area contributed by atoms with E-state index in [4.69, 9.17) is 5.73 Å². The maximum absolute atomic E-state index is 6.40. The topological polar surface area (TPSA) is 29.3 Å². The van der Waals surface area contributed by atoms with Gasteiger partial charge in [-0.1, -0.05) is 48.5 Å². The third kappa shape index (κ3) is 5.27. The molecule has 0 aliphatic carbocycles. The molecule has 0 unspecified atom stereocenters. The van der Waals surface area contributed by atoms with Gasteiger partial charge in [0.2, 0.25) is 0 Å². The van der Waals surface area contributed by atoms with E-state index >= 15 is 0 Å². The number of nitrogens with zero attached hydrogens (tertiary/aromatic N) is 1. The normalized spacial score (nSPS) is 14.8. The van der Waals surface area contributed by atoms with E-state index in [9.17, 15) is 0 Å². The second-order valence-corrected chi connectivity index (χ2v) is 6.61. The van der Waals surface area contributed by atoms with E-state index in [1.165, 1.54) is 25.7 Å². The highest BCUT2D eigenvalue weighted by Gasteiger charge is 2.28. The minimum atomic E-state index is 0.191. The second kappa shape index (κ2) is 8.16. The zero-order chi connectivity index (χ0) is 14.3. The number of hydrogen-bond donors (Lipinski definition) is 1. The lowest BCUT2D eigenvalue weighted by molar-refractivity contribution is 0.0902. The first kappa shape index (κ1) is 17.9. The van der Waals surface area contributed by atoms with Crippen LogP contribution in [0.25, 0.3) is 0 Å². The molecule has 0 bridgehead atoms. The summed E-state index contributed by atoms with van der Waals surface area (Å²) in [5.41, 5.74) is 6.60. The molecule has 0 radical (unpaired) electrons. The summed E-state index contributed by atoms with van der Waals surface area (Å²) < 4.78 is 0. The van der Waals surface area contributed by atoms with Gasteiger partial charge in [0, 0.05) is 24.7 Å². The monoisotopic (exact) mass is 256 g/mol. The fourth-order valence-corrected chi connectivity index (χ4v) is 2.61. The molecule has 0 aromatic rings. The lowest BCUT2D eigenvalue weighted by Gasteiger charge is -2.41. The van der Waals surface area contributed by atoms with Crippen LogP contribution in [0.5, 0.6) is 0 Å². The maximum atomic E-state index is 6.40. The molecule has 0 amide bonds. The van der Waals surface area contributed by atoms with E-state index < -0.39 is 0 Å². The minimum absolute atomic E-state index is 0.191. The van der Waals surface area contributed by atoms with Gasteiger partial charge in [-0.05, 0) is 31.1 Å². The molecule has 2 heteroatoms. The van der Waals surface area contributed by atoms with Crippen molar-refractivity contribution in [3.05, 3.63) is 0 Å². The lowest BCUT2D eigenvalue weighted by atomic mass is 9.86. The van der Waals surface area contributed by atoms with Crippen LogP contribution in [0.15, 0.2) is 0 Å². The molecular formula is C16H36N2. The number of rotatable bonds is 8. The Balaban J connectivity index is 4.86. The van der Waals surface area contributed by atoms with Crippen molar-refractivity contribution < 1.29 is 0 Å². The molecule has 0 aromatic carbocycles. The largest absolute Gasteiger partial charge is 0.326 e. The van der Waals surface area contributed by atoms with Crippen LogP contribution in [-0.2, 0) is 0 Å². The van der Waals surface area contributed by atoms with Crippen molar-refractivity contribution in [1.82, 2.24) is 4.90 Å². The molecule has 1 atom stereocenters. The summed E-state index contributed by atoms with van der Waals surface area (Å²) in [7, 11) is 0. The molecule has 0 saturated carbocycles. The second-order valence-electron chi connectivity index (χ2n) is 6.61. The Morgan fingerprint density at radius 2 is 1.17 bits per heavy atom. The Morgan fingerprint density at radius 3 is 1.39 bits per heavy atom. The van der Waals surface area contributed by atoms with Gasteiger partial charge in [0.05, 0.1) is 0 Å². The zero-order valence-corrected chi connectivity index (χ0v) is 13.8. The molecule has 2 N–H and O–H groups in total. The van der Waals surface area contributed by atoms with Crippen molar-refractivity contribution >= 4 is 0 Å². The predicted octanol–water partition coefficient (Wildman–Crippen LogP) is 4.04. The van der Waals surface area contributed by atoms with Crippen molar-refractivity contribution in [3.8, 4) is 0 Å². The first-order chi connectivity index (χ1) is 8.31. The Labute approximate surface area is 115 Å². The molecule has 0 aliphatic heterocycles. The zero-order valence-electron chi connectivity index (χ0n) is 13.8. The van der Waals surface area contributed by atoms with E-state index in [0.717, 1.165) is 6.54 Å². The fraction of sp³-hybridized carbons (Fsp3) is 1.00. The van der Waals surface area contributed by atoms with E-state index in [1.807, 2.05) is 0 Å². The van der Waals surface area contributed by atoms with Gasteiger partial charge < -0.3 is 5.73 Å². The minimum Gasteiger partial charge on any atom is -0.326 e. The third-order valence-electron chi connectivity index (χ3n) is 4.34.